The summed E-state index contributed by atoms with van der Waals surface area (Å²) in [5.41, 5.74) is -1.94. The highest BCUT2D eigenvalue weighted by Gasteiger charge is 2.80. The summed E-state index contributed by atoms with van der Waals surface area (Å²) in [4.78, 5) is 47.4. The van der Waals surface area contributed by atoms with Crippen molar-refractivity contribution < 1.29 is 33.7 Å². The number of unbranched alkanes of at least 4 members (excludes halogenated alkanes) is 2. The third-order valence-electron chi connectivity index (χ3n) is 9.10. The van der Waals surface area contributed by atoms with E-state index in [1.54, 1.807) is 22.8 Å². The van der Waals surface area contributed by atoms with Crippen molar-refractivity contribution in [3.63, 3.8) is 0 Å². The van der Waals surface area contributed by atoms with E-state index in [2.05, 4.69) is 11.5 Å². The highest BCUT2D eigenvalue weighted by Crippen LogP contribution is 2.65. The van der Waals surface area contributed by atoms with Crippen molar-refractivity contribution in [1.29, 1.82) is 0 Å². The van der Waals surface area contributed by atoms with Crippen LogP contribution in [0.15, 0.2) is 12.7 Å². The Balaban J connectivity index is 1.66. The molecule has 4 aliphatic rings. The van der Waals surface area contributed by atoms with Crippen LogP contribution < -0.4 is 0 Å². The summed E-state index contributed by atoms with van der Waals surface area (Å²) < 4.78 is 17.6. The Morgan fingerprint density at radius 2 is 1.97 bits per heavy atom. The average Bonchev–Trinajstić information content (AvgIpc) is 3.41. The van der Waals surface area contributed by atoms with Gasteiger partial charge in [0.1, 0.15) is 17.6 Å². The second-order valence-corrected chi connectivity index (χ2v) is 11.3. The van der Waals surface area contributed by atoms with Crippen LogP contribution in [0.1, 0.15) is 46.5 Å². The molecule has 0 aromatic carbocycles. The van der Waals surface area contributed by atoms with Gasteiger partial charge in [0.2, 0.25) is 11.8 Å². The highest BCUT2D eigenvalue weighted by atomic mass is 16.6. The fourth-order valence-electron chi connectivity index (χ4n) is 7.13. The van der Waals surface area contributed by atoms with Crippen LogP contribution in [-0.2, 0) is 28.6 Å². The number of aliphatic hydroxyl groups is 1. The summed E-state index contributed by atoms with van der Waals surface area (Å²) in [6.45, 7) is 14.8. The number of esters is 1. The van der Waals surface area contributed by atoms with Crippen molar-refractivity contribution in [2.24, 2.45) is 17.8 Å². The number of hydrogen-bond acceptors (Lipinski definition) is 8. The first kappa shape index (κ1) is 29.0. The zero-order valence-electron chi connectivity index (χ0n) is 23.2. The Morgan fingerprint density at radius 3 is 2.63 bits per heavy atom. The molecule has 0 aromatic heterocycles. The number of carbonyl (C=O) groups is 3. The number of nitrogens with zero attached hydrogens (tertiary/aromatic N) is 3. The topological polar surface area (TPSA) is 109 Å². The molecule has 0 radical (unpaired) electrons. The molecule has 10 nitrogen and oxygen atoms in total. The lowest BCUT2D eigenvalue weighted by atomic mass is 9.62. The van der Waals surface area contributed by atoms with Crippen molar-refractivity contribution in [1.82, 2.24) is 14.7 Å². The molecule has 10 heteroatoms. The van der Waals surface area contributed by atoms with Gasteiger partial charge >= 0.3 is 5.97 Å². The Kier molecular flexibility index (Phi) is 9.17. The highest BCUT2D eigenvalue weighted by molar-refractivity contribution is 5.98. The number of rotatable bonds is 13. The fourth-order valence-corrected chi connectivity index (χ4v) is 7.13. The van der Waals surface area contributed by atoms with E-state index in [-0.39, 0.29) is 30.9 Å². The smallest absolute Gasteiger partial charge is 0.312 e. The maximum absolute atomic E-state index is 14.4. The number of morpholine rings is 1. The molecular formula is C28H45N3O7. The van der Waals surface area contributed by atoms with Gasteiger partial charge in [0, 0.05) is 45.9 Å². The van der Waals surface area contributed by atoms with Crippen molar-refractivity contribution in [2.75, 3.05) is 65.7 Å². The van der Waals surface area contributed by atoms with E-state index >= 15 is 0 Å². The predicted octanol–water partition coefficient (Wildman–Crippen LogP) is 1.07. The third kappa shape index (κ3) is 5.00. The Morgan fingerprint density at radius 1 is 1.24 bits per heavy atom. The van der Waals surface area contributed by atoms with Gasteiger partial charge in [0.15, 0.2) is 0 Å². The van der Waals surface area contributed by atoms with E-state index in [1.165, 1.54) is 0 Å². The first-order valence-electron chi connectivity index (χ1n) is 14.2. The largest absolute Gasteiger partial charge is 0.466 e. The minimum absolute atomic E-state index is 0.0215. The molecule has 3 unspecified atom stereocenters. The van der Waals surface area contributed by atoms with Gasteiger partial charge in [-0.15, -0.1) is 6.58 Å². The van der Waals surface area contributed by atoms with Gasteiger partial charge in [-0.25, -0.2) is 0 Å². The van der Waals surface area contributed by atoms with Crippen LogP contribution in [0.3, 0.4) is 0 Å². The third-order valence-corrected chi connectivity index (χ3v) is 9.10. The molecule has 4 heterocycles. The number of aliphatic hydroxyl groups excluding tert-OH is 1. The molecule has 0 saturated carbocycles. The number of ether oxygens (including phenoxy) is 3. The van der Waals surface area contributed by atoms with Crippen LogP contribution in [0.2, 0.25) is 0 Å². The second-order valence-electron chi connectivity index (χ2n) is 11.3. The Hall–Kier alpha value is -2.01. The Bertz CT molecular complexity index is 894. The summed E-state index contributed by atoms with van der Waals surface area (Å²) >= 11 is 0. The van der Waals surface area contributed by atoms with Crippen molar-refractivity contribution in [2.45, 2.75) is 63.7 Å². The van der Waals surface area contributed by atoms with Crippen LogP contribution in [0.4, 0.5) is 0 Å². The van der Waals surface area contributed by atoms with E-state index < -0.39 is 35.0 Å². The average molecular weight is 536 g/mol. The molecule has 4 saturated heterocycles. The first-order chi connectivity index (χ1) is 18.2. The normalized spacial score (nSPS) is 34.4. The molecule has 4 fully saturated rings. The number of hydrogen-bond donors (Lipinski definition) is 1. The number of amides is 2. The van der Waals surface area contributed by atoms with E-state index in [0.717, 1.165) is 19.5 Å². The Labute approximate surface area is 226 Å². The van der Waals surface area contributed by atoms with E-state index in [9.17, 15) is 19.5 Å². The lowest BCUT2D eigenvalue weighted by Crippen LogP contribution is -2.57. The molecule has 38 heavy (non-hydrogen) atoms. The minimum Gasteiger partial charge on any atom is -0.466 e. The van der Waals surface area contributed by atoms with E-state index in [0.29, 0.717) is 58.7 Å². The van der Waals surface area contributed by atoms with E-state index in [1.807, 2.05) is 13.8 Å². The molecule has 0 aromatic rings. The molecule has 6 atom stereocenters. The van der Waals surface area contributed by atoms with Crippen LogP contribution in [0.25, 0.3) is 0 Å². The maximum Gasteiger partial charge on any atom is 0.312 e. The fraction of sp³-hybridized carbons (Fsp3) is 0.821. The molecule has 4 aliphatic heterocycles. The molecule has 2 amide bonds. The summed E-state index contributed by atoms with van der Waals surface area (Å²) in [5, 5.41) is 9.23. The van der Waals surface area contributed by atoms with Gasteiger partial charge in [-0.1, -0.05) is 13.0 Å². The molecule has 4 rings (SSSR count). The first-order valence-corrected chi connectivity index (χ1v) is 14.2. The number of likely N-dealkylation sites (tertiary alicyclic amines) is 1. The van der Waals surface area contributed by atoms with Crippen molar-refractivity contribution in [3.8, 4) is 0 Å². The summed E-state index contributed by atoms with van der Waals surface area (Å²) in [7, 11) is 0. The zero-order chi connectivity index (χ0) is 27.5. The van der Waals surface area contributed by atoms with Crippen molar-refractivity contribution in [3.05, 3.63) is 12.7 Å². The van der Waals surface area contributed by atoms with Gasteiger partial charge < -0.3 is 29.1 Å². The lowest BCUT2D eigenvalue weighted by molar-refractivity contribution is -0.162. The van der Waals surface area contributed by atoms with Gasteiger partial charge in [-0.2, -0.15) is 0 Å². The quantitative estimate of drug-likeness (QED) is 0.212. The number of carbonyl (C=O) groups excluding carboxylic acids is 3. The zero-order valence-corrected chi connectivity index (χ0v) is 23.2. The molecule has 1 spiro atoms. The summed E-state index contributed by atoms with van der Waals surface area (Å²) in [6, 6.07) is -0.817. The van der Waals surface area contributed by atoms with Gasteiger partial charge in [-0.3, -0.25) is 19.3 Å². The molecule has 2 bridgehead atoms. The predicted molar refractivity (Wildman–Crippen MR) is 140 cm³/mol. The van der Waals surface area contributed by atoms with Gasteiger partial charge in [-0.05, 0) is 45.4 Å². The minimum atomic E-state index is -1.07. The van der Waals surface area contributed by atoms with Crippen LogP contribution in [0.5, 0.6) is 0 Å². The van der Waals surface area contributed by atoms with Gasteiger partial charge in [0.05, 0.1) is 31.3 Å². The van der Waals surface area contributed by atoms with Crippen molar-refractivity contribution >= 4 is 17.8 Å². The second kappa shape index (κ2) is 12.0. The monoisotopic (exact) mass is 535 g/mol. The molecule has 0 aliphatic carbocycles. The van der Waals surface area contributed by atoms with E-state index in [4.69, 9.17) is 14.2 Å². The summed E-state index contributed by atoms with van der Waals surface area (Å²) in [5.74, 6) is -2.31. The van der Waals surface area contributed by atoms with Gasteiger partial charge in [0.25, 0.3) is 0 Å². The molecule has 214 valence electrons. The van der Waals surface area contributed by atoms with Crippen LogP contribution in [0, 0.1) is 17.8 Å². The molecule has 1 N–H and O–H groups in total. The maximum atomic E-state index is 14.4. The molecular weight excluding hydrogens is 490 g/mol. The van der Waals surface area contributed by atoms with Crippen LogP contribution >= 0.6 is 0 Å². The standard InChI is InChI=1S/C28H45N3O7/c1-5-10-30(13-12-29-14-17-36-18-15-29)25(34)23-28-19-20(3)27(4,38-28)22(26(35)37-6-2)21(28)24(33)31(23)11-8-7-9-16-32/h5,20-23,32H,1,6-19H2,2-4H3/t20?,21-,22-,23?,27+,28?/m0/s1. The summed E-state index contributed by atoms with van der Waals surface area (Å²) in [6.07, 6.45) is 4.28. The van der Waals surface area contributed by atoms with Crippen LogP contribution in [-0.4, -0.2) is 121 Å². The number of fused-ring (bicyclic) bond motifs is 1. The SMILES string of the molecule is C=CCN(CCN1CCOCC1)C(=O)C1N(CCCCCO)C(=O)[C@@H]2[C@@H](C(=O)OCC)[C@]3(C)OC12CC3C. The lowest BCUT2D eigenvalue weighted by Gasteiger charge is -2.38.